The first-order chi connectivity index (χ1) is 10.2. The average molecular weight is 281 g/mol. The molecule has 2 aromatic rings. The Balaban J connectivity index is 2.37. The fourth-order valence-corrected chi connectivity index (χ4v) is 3.01. The molecule has 0 heterocycles. The van der Waals surface area contributed by atoms with Crippen LogP contribution in [0.25, 0.3) is 0 Å². The molecular weight excluding hydrogens is 254 g/mol. The van der Waals surface area contributed by atoms with Crippen LogP contribution in [0.3, 0.4) is 0 Å². The van der Waals surface area contributed by atoms with Gasteiger partial charge in [0, 0.05) is 0 Å². The van der Waals surface area contributed by atoms with Gasteiger partial charge in [0.1, 0.15) is 0 Å². The molecule has 1 N–H and O–H groups in total. The lowest BCUT2D eigenvalue weighted by Crippen LogP contribution is -2.19. The molecule has 1 nitrogen and oxygen atoms in total. The van der Waals surface area contributed by atoms with Gasteiger partial charge < -0.3 is 5.32 Å². The molecule has 0 aliphatic heterocycles. The zero-order valence-corrected chi connectivity index (χ0v) is 13.7. The van der Waals surface area contributed by atoms with Crippen molar-refractivity contribution in [3.05, 3.63) is 70.8 Å². The van der Waals surface area contributed by atoms with E-state index in [4.69, 9.17) is 0 Å². The average Bonchev–Trinajstić information content (AvgIpc) is 2.48. The van der Waals surface area contributed by atoms with Crippen molar-refractivity contribution in [2.45, 2.75) is 39.7 Å². The van der Waals surface area contributed by atoms with Crippen LogP contribution in [0.1, 0.15) is 49.1 Å². The lowest BCUT2D eigenvalue weighted by molar-refractivity contribution is 0.642. The zero-order chi connectivity index (χ0) is 15.2. The first kappa shape index (κ1) is 15.8. The molecule has 0 saturated carbocycles. The van der Waals surface area contributed by atoms with Crippen molar-refractivity contribution in [2.75, 3.05) is 7.05 Å². The summed E-state index contributed by atoms with van der Waals surface area (Å²) in [5, 5.41) is 3.49. The van der Waals surface area contributed by atoms with Gasteiger partial charge in [-0.3, -0.25) is 0 Å². The van der Waals surface area contributed by atoms with Crippen LogP contribution >= 0.6 is 0 Å². The van der Waals surface area contributed by atoms with E-state index in [9.17, 15) is 0 Å². The predicted octanol–water partition coefficient (Wildman–Crippen LogP) is 4.76. The first-order valence-corrected chi connectivity index (χ1v) is 7.99. The quantitative estimate of drug-likeness (QED) is 0.805. The molecule has 2 rings (SSSR count). The molecule has 0 spiro atoms. The molecule has 0 aromatic heterocycles. The van der Waals surface area contributed by atoms with E-state index in [2.05, 4.69) is 74.6 Å². The molecule has 0 aliphatic carbocycles. The minimum absolute atomic E-state index is 0.272. The normalized spacial score (nSPS) is 12.6. The van der Waals surface area contributed by atoms with Gasteiger partial charge in [-0.1, -0.05) is 69.3 Å². The third-order valence-electron chi connectivity index (χ3n) is 3.96. The summed E-state index contributed by atoms with van der Waals surface area (Å²) in [7, 11) is 2.05. The molecule has 0 amide bonds. The molecule has 1 heteroatoms. The molecule has 2 aromatic carbocycles. The number of benzene rings is 2. The van der Waals surface area contributed by atoms with Gasteiger partial charge in [-0.15, -0.1) is 0 Å². The maximum absolute atomic E-state index is 3.49. The number of aryl methyl sites for hydroxylation is 1. The highest BCUT2D eigenvalue weighted by Gasteiger charge is 2.15. The second kappa shape index (κ2) is 7.42. The van der Waals surface area contributed by atoms with Crippen molar-refractivity contribution < 1.29 is 0 Å². The van der Waals surface area contributed by atoms with Gasteiger partial charge in [-0.25, -0.2) is 0 Å². The third-order valence-corrected chi connectivity index (χ3v) is 3.96. The second-order valence-corrected chi connectivity index (χ2v) is 6.12. The molecule has 0 fully saturated rings. The standard InChI is InChI=1S/C20H27N/c1-5-17-10-6-7-12-19(17)20(21-4)18-11-8-9-16(14-18)13-15(2)3/h6-12,14-15,20-21H,5,13H2,1-4H3. The molecule has 1 atom stereocenters. The fraction of sp³-hybridized carbons (Fsp3) is 0.400. The number of hydrogen-bond donors (Lipinski definition) is 1. The van der Waals surface area contributed by atoms with Crippen molar-refractivity contribution in [3.8, 4) is 0 Å². The lowest BCUT2D eigenvalue weighted by atomic mass is 9.91. The topological polar surface area (TPSA) is 12.0 Å². The highest BCUT2D eigenvalue weighted by molar-refractivity contribution is 5.39. The second-order valence-electron chi connectivity index (χ2n) is 6.12. The van der Waals surface area contributed by atoms with E-state index >= 15 is 0 Å². The van der Waals surface area contributed by atoms with Crippen molar-refractivity contribution in [1.29, 1.82) is 0 Å². The van der Waals surface area contributed by atoms with Gasteiger partial charge in [-0.05, 0) is 48.1 Å². The van der Waals surface area contributed by atoms with Crippen molar-refractivity contribution >= 4 is 0 Å². The Morgan fingerprint density at radius 3 is 2.43 bits per heavy atom. The number of rotatable bonds is 6. The van der Waals surface area contributed by atoms with Crippen molar-refractivity contribution in [1.82, 2.24) is 5.32 Å². The highest BCUT2D eigenvalue weighted by Crippen LogP contribution is 2.26. The van der Waals surface area contributed by atoms with E-state index in [0.29, 0.717) is 5.92 Å². The summed E-state index contributed by atoms with van der Waals surface area (Å²) in [5.41, 5.74) is 5.60. The minimum atomic E-state index is 0.272. The Morgan fingerprint density at radius 1 is 1.00 bits per heavy atom. The molecule has 0 aliphatic rings. The Hall–Kier alpha value is -1.60. The van der Waals surface area contributed by atoms with Crippen LogP contribution in [-0.4, -0.2) is 7.05 Å². The van der Waals surface area contributed by atoms with Gasteiger partial charge in [-0.2, -0.15) is 0 Å². The van der Waals surface area contributed by atoms with Crippen molar-refractivity contribution in [2.24, 2.45) is 5.92 Å². The van der Waals surface area contributed by atoms with Crippen LogP contribution in [0.5, 0.6) is 0 Å². The van der Waals surface area contributed by atoms with Gasteiger partial charge in [0.05, 0.1) is 6.04 Å². The highest BCUT2D eigenvalue weighted by atomic mass is 14.9. The summed E-state index contributed by atoms with van der Waals surface area (Å²) in [6, 6.07) is 18.0. The SMILES string of the molecule is CCc1ccccc1C(NC)c1cccc(CC(C)C)c1. The van der Waals surface area contributed by atoms with Crippen LogP contribution in [-0.2, 0) is 12.8 Å². The van der Waals surface area contributed by atoms with Gasteiger partial charge >= 0.3 is 0 Å². The third kappa shape index (κ3) is 3.95. The fourth-order valence-electron chi connectivity index (χ4n) is 3.01. The van der Waals surface area contributed by atoms with Crippen LogP contribution in [0.4, 0.5) is 0 Å². The summed E-state index contributed by atoms with van der Waals surface area (Å²) < 4.78 is 0. The Kier molecular flexibility index (Phi) is 5.58. The van der Waals surface area contributed by atoms with Crippen LogP contribution in [0.15, 0.2) is 48.5 Å². The Morgan fingerprint density at radius 2 is 1.76 bits per heavy atom. The molecule has 0 bridgehead atoms. The number of hydrogen-bond acceptors (Lipinski definition) is 1. The van der Waals surface area contributed by atoms with Gasteiger partial charge in [0.25, 0.3) is 0 Å². The molecule has 1 unspecified atom stereocenters. The summed E-state index contributed by atoms with van der Waals surface area (Å²) in [6.45, 7) is 6.77. The molecule has 0 saturated heterocycles. The summed E-state index contributed by atoms with van der Waals surface area (Å²) in [5.74, 6) is 0.691. The molecule has 21 heavy (non-hydrogen) atoms. The van der Waals surface area contributed by atoms with Crippen LogP contribution in [0.2, 0.25) is 0 Å². The van der Waals surface area contributed by atoms with E-state index < -0.39 is 0 Å². The van der Waals surface area contributed by atoms with Gasteiger partial charge in [0.2, 0.25) is 0 Å². The Bertz CT molecular complexity index is 572. The van der Waals surface area contributed by atoms with E-state index in [-0.39, 0.29) is 6.04 Å². The lowest BCUT2D eigenvalue weighted by Gasteiger charge is -2.21. The summed E-state index contributed by atoms with van der Waals surface area (Å²) in [6.07, 6.45) is 2.21. The Labute approximate surface area is 129 Å². The van der Waals surface area contributed by atoms with Crippen LogP contribution < -0.4 is 5.32 Å². The zero-order valence-electron chi connectivity index (χ0n) is 13.7. The summed E-state index contributed by atoms with van der Waals surface area (Å²) >= 11 is 0. The predicted molar refractivity (Wildman–Crippen MR) is 91.7 cm³/mol. The first-order valence-electron chi connectivity index (χ1n) is 7.99. The largest absolute Gasteiger partial charge is 0.309 e. The summed E-state index contributed by atoms with van der Waals surface area (Å²) in [4.78, 5) is 0. The number of nitrogens with one attached hydrogen (secondary N) is 1. The maximum Gasteiger partial charge on any atom is 0.0577 e. The smallest absolute Gasteiger partial charge is 0.0577 e. The van der Waals surface area contributed by atoms with E-state index in [1.165, 1.54) is 22.3 Å². The minimum Gasteiger partial charge on any atom is -0.309 e. The molecular formula is C20H27N. The molecule has 0 radical (unpaired) electrons. The van der Waals surface area contributed by atoms with Gasteiger partial charge in [0.15, 0.2) is 0 Å². The maximum atomic E-state index is 3.49. The molecule has 112 valence electrons. The van der Waals surface area contributed by atoms with Crippen LogP contribution in [0, 0.1) is 5.92 Å². The van der Waals surface area contributed by atoms with Crippen molar-refractivity contribution in [3.63, 3.8) is 0 Å². The van der Waals surface area contributed by atoms with E-state index in [0.717, 1.165) is 12.8 Å². The van der Waals surface area contributed by atoms with E-state index in [1.54, 1.807) is 0 Å². The van der Waals surface area contributed by atoms with E-state index in [1.807, 2.05) is 7.05 Å². The monoisotopic (exact) mass is 281 g/mol.